The summed E-state index contributed by atoms with van der Waals surface area (Å²) in [4.78, 5) is 15.2. The summed E-state index contributed by atoms with van der Waals surface area (Å²) in [6.45, 7) is 0. The molecule has 9 heteroatoms. The first kappa shape index (κ1) is 30.1. The highest BCUT2D eigenvalue weighted by Gasteiger charge is 2.27. The Morgan fingerprint density at radius 2 is 1.06 bits per heavy atom. The Bertz CT molecular complexity index is 3000. The molecule has 2 radical (unpaired) electrons. The number of aromatic nitrogens is 4. The lowest BCUT2D eigenvalue weighted by molar-refractivity contribution is 0.373. The van der Waals surface area contributed by atoms with Crippen molar-refractivity contribution in [1.29, 1.82) is 0 Å². The molecule has 3 heterocycles. The van der Waals surface area contributed by atoms with Crippen molar-refractivity contribution in [3.63, 3.8) is 0 Å². The fourth-order valence-electron chi connectivity index (χ4n) is 7.35. The van der Waals surface area contributed by atoms with Crippen LogP contribution in [0.5, 0.6) is 17.2 Å². The van der Waals surface area contributed by atoms with E-state index in [0.29, 0.717) is 33.1 Å². The average molecular weight is 689 g/mol. The van der Waals surface area contributed by atoms with Crippen LogP contribution in [0.4, 0.5) is 0 Å². The van der Waals surface area contributed by atoms with E-state index in [9.17, 15) is 15.3 Å². The number of rotatable bonds is 4. The minimum Gasteiger partial charge on any atom is -0.505 e. The molecule has 0 aliphatic carbocycles. The van der Waals surface area contributed by atoms with Gasteiger partial charge in [-0.15, -0.1) is 11.3 Å². The topological polar surface area (TPSA) is 104 Å². The van der Waals surface area contributed by atoms with Crippen LogP contribution < -0.4 is 5.46 Å². The first-order chi connectivity index (χ1) is 25.5. The second kappa shape index (κ2) is 11.4. The SMILES string of the molecule is [B]c1c(O)c(O)c(O)c2sc3c4ccccc4c4c5cc(-c6ccccc6)ccc5n(-c5nc(-c6ccccc6)nc(-c6ccccc6)n5)c4c3c12. The van der Waals surface area contributed by atoms with Gasteiger partial charge in [-0.1, -0.05) is 121 Å². The molecule has 10 aromatic rings. The van der Waals surface area contributed by atoms with Gasteiger partial charge in [0.2, 0.25) is 11.7 Å². The van der Waals surface area contributed by atoms with Crippen LogP contribution in [0.3, 0.4) is 0 Å². The van der Waals surface area contributed by atoms with Gasteiger partial charge >= 0.3 is 0 Å². The summed E-state index contributed by atoms with van der Waals surface area (Å²) in [6, 6.07) is 44.4. The van der Waals surface area contributed by atoms with Crippen LogP contribution in [0.1, 0.15) is 0 Å². The zero-order valence-electron chi connectivity index (χ0n) is 27.3. The molecule has 244 valence electrons. The van der Waals surface area contributed by atoms with Gasteiger partial charge in [0.05, 0.1) is 15.7 Å². The van der Waals surface area contributed by atoms with E-state index in [1.807, 2.05) is 102 Å². The largest absolute Gasteiger partial charge is 0.505 e. The van der Waals surface area contributed by atoms with Crippen LogP contribution in [-0.4, -0.2) is 42.7 Å². The maximum absolute atomic E-state index is 11.2. The zero-order valence-corrected chi connectivity index (χ0v) is 28.1. The third-order valence-corrected chi connectivity index (χ3v) is 11.0. The number of aromatic hydroxyl groups is 3. The second-order valence-corrected chi connectivity index (χ2v) is 13.7. The molecule has 0 aliphatic heterocycles. The summed E-state index contributed by atoms with van der Waals surface area (Å²) in [5.41, 5.74) is 5.35. The zero-order chi connectivity index (χ0) is 35.1. The fraction of sp³-hybridized carbons (Fsp3) is 0. The number of thiophene rings is 1. The van der Waals surface area contributed by atoms with Gasteiger partial charge in [0.25, 0.3) is 0 Å². The molecule has 0 bridgehead atoms. The number of hydrogen-bond donors (Lipinski definition) is 3. The van der Waals surface area contributed by atoms with Gasteiger partial charge in [0.1, 0.15) is 7.85 Å². The van der Waals surface area contributed by atoms with E-state index >= 15 is 0 Å². The van der Waals surface area contributed by atoms with Gasteiger partial charge in [0, 0.05) is 42.8 Å². The smallest absolute Gasteiger partial charge is 0.238 e. The quantitative estimate of drug-likeness (QED) is 0.126. The van der Waals surface area contributed by atoms with Gasteiger partial charge in [-0.2, -0.15) is 9.97 Å². The molecule has 0 unspecified atom stereocenters. The highest BCUT2D eigenvalue weighted by Crippen LogP contribution is 2.52. The second-order valence-electron chi connectivity index (χ2n) is 12.7. The van der Waals surface area contributed by atoms with Crippen LogP contribution in [0.25, 0.3) is 92.6 Å². The highest BCUT2D eigenvalue weighted by molar-refractivity contribution is 7.27. The minimum atomic E-state index is -0.650. The van der Waals surface area contributed by atoms with Crippen molar-refractivity contribution >= 4 is 77.4 Å². The van der Waals surface area contributed by atoms with E-state index in [1.165, 1.54) is 11.3 Å². The molecule has 3 aromatic heterocycles. The molecule has 7 nitrogen and oxygen atoms in total. The first-order valence-electron chi connectivity index (χ1n) is 16.7. The summed E-state index contributed by atoms with van der Waals surface area (Å²) in [6.07, 6.45) is 0. The van der Waals surface area contributed by atoms with Crippen molar-refractivity contribution in [1.82, 2.24) is 19.5 Å². The molecule has 7 aromatic carbocycles. The summed E-state index contributed by atoms with van der Waals surface area (Å²) in [7, 11) is 6.65. The monoisotopic (exact) mass is 688 g/mol. The van der Waals surface area contributed by atoms with Gasteiger partial charge in [-0.05, 0) is 34.1 Å². The predicted molar refractivity (Wildman–Crippen MR) is 211 cm³/mol. The van der Waals surface area contributed by atoms with E-state index in [-0.39, 0.29) is 5.46 Å². The molecule has 0 saturated heterocycles. The Morgan fingerprint density at radius 1 is 0.481 bits per heavy atom. The Morgan fingerprint density at radius 3 is 1.69 bits per heavy atom. The van der Waals surface area contributed by atoms with E-state index in [1.54, 1.807) is 0 Å². The third-order valence-electron chi connectivity index (χ3n) is 9.74. The lowest BCUT2D eigenvalue weighted by Gasteiger charge is -2.13. The Hall–Kier alpha value is -6.71. The molecular weight excluding hydrogens is 663 g/mol. The molecule has 0 atom stereocenters. The van der Waals surface area contributed by atoms with Crippen molar-refractivity contribution in [2.24, 2.45) is 0 Å². The van der Waals surface area contributed by atoms with Gasteiger partial charge in [0.15, 0.2) is 23.1 Å². The molecule has 0 saturated carbocycles. The van der Waals surface area contributed by atoms with Gasteiger partial charge in [-0.25, -0.2) is 4.98 Å². The van der Waals surface area contributed by atoms with Crippen molar-refractivity contribution < 1.29 is 15.3 Å². The molecule has 52 heavy (non-hydrogen) atoms. The predicted octanol–water partition coefficient (Wildman–Crippen LogP) is 9.40. The molecule has 10 rings (SSSR count). The number of phenols is 3. The maximum Gasteiger partial charge on any atom is 0.238 e. The maximum atomic E-state index is 11.2. The Kier molecular flexibility index (Phi) is 6.62. The Balaban J connectivity index is 1.46. The third kappa shape index (κ3) is 4.36. The van der Waals surface area contributed by atoms with Crippen LogP contribution >= 0.6 is 11.3 Å². The number of hydrogen-bond acceptors (Lipinski definition) is 7. The summed E-state index contributed by atoms with van der Waals surface area (Å²) in [5, 5.41) is 37.9. The standard InChI is InChI=1S/C43H25BN4O3S/c44-34-32-33-35-31(27-18-10-11-19-28(27)39(33)52-40(32)38(51)37(50)36(34)49)29-22-26(23-12-4-1-5-13-23)20-21-30(29)48(35)43-46-41(24-14-6-2-7-15-24)45-42(47-43)25-16-8-3-9-17-25/h1-22,49-51H. The average Bonchev–Trinajstić information content (AvgIpc) is 3.77. The van der Waals surface area contributed by atoms with Crippen molar-refractivity contribution in [2.45, 2.75) is 0 Å². The van der Waals surface area contributed by atoms with E-state index in [2.05, 4.69) is 36.4 Å². The Labute approximate surface area is 301 Å². The molecule has 0 amide bonds. The van der Waals surface area contributed by atoms with Crippen LogP contribution in [0.15, 0.2) is 133 Å². The lowest BCUT2D eigenvalue weighted by Crippen LogP contribution is -2.07. The van der Waals surface area contributed by atoms with Crippen molar-refractivity contribution in [3.05, 3.63) is 133 Å². The molecule has 0 spiro atoms. The van der Waals surface area contributed by atoms with Crippen LogP contribution in [0.2, 0.25) is 0 Å². The summed E-state index contributed by atoms with van der Waals surface area (Å²) >= 11 is 1.32. The molecule has 0 aliphatic rings. The number of phenolic OH excluding ortho intramolecular Hbond substituents is 3. The van der Waals surface area contributed by atoms with E-state index in [0.717, 1.165) is 59.5 Å². The normalized spacial score (nSPS) is 11.8. The number of nitrogens with zero attached hydrogens (tertiary/aromatic N) is 4. The summed E-state index contributed by atoms with van der Waals surface area (Å²) < 4.78 is 3.24. The molecule has 0 fully saturated rings. The van der Waals surface area contributed by atoms with Crippen molar-refractivity contribution in [2.75, 3.05) is 0 Å². The van der Waals surface area contributed by atoms with Gasteiger partial charge in [-0.3, -0.25) is 4.57 Å². The van der Waals surface area contributed by atoms with Gasteiger partial charge < -0.3 is 15.3 Å². The number of fused-ring (bicyclic) bond motifs is 10. The minimum absolute atomic E-state index is 0.0273. The molecule has 3 N–H and O–H groups in total. The van der Waals surface area contributed by atoms with E-state index < -0.39 is 17.2 Å². The lowest BCUT2D eigenvalue weighted by atomic mass is 9.88. The van der Waals surface area contributed by atoms with Crippen LogP contribution in [-0.2, 0) is 0 Å². The van der Waals surface area contributed by atoms with Crippen LogP contribution in [0, 0.1) is 0 Å². The summed E-state index contributed by atoms with van der Waals surface area (Å²) in [5.74, 6) is -0.242. The fourth-order valence-corrected chi connectivity index (χ4v) is 8.65. The molecular formula is C43H25BN4O3S. The highest BCUT2D eigenvalue weighted by atomic mass is 32.1. The van der Waals surface area contributed by atoms with E-state index in [4.69, 9.17) is 22.8 Å². The first-order valence-corrected chi connectivity index (χ1v) is 17.5. The van der Waals surface area contributed by atoms with Crippen molar-refractivity contribution in [3.8, 4) is 57.1 Å². The number of benzene rings is 7.